The van der Waals surface area contributed by atoms with Crippen LogP contribution in [-0.4, -0.2) is 21.8 Å². The number of furan rings is 1. The van der Waals surface area contributed by atoms with Gasteiger partial charge in [-0.1, -0.05) is 17.7 Å². The first-order chi connectivity index (χ1) is 13.4. The van der Waals surface area contributed by atoms with Crippen molar-refractivity contribution in [2.24, 2.45) is 0 Å². The number of anilines is 1. The first kappa shape index (κ1) is 18.2. The standard InChI is InChI=1S/C21H18N2O4S/c1-11-4-5-12(2)14(10-11)18(24)16-17(15-7-6-13(3)27-15)23(20(26)19(16)25)21-22-8-9-28-21/h4-10,17,24H,1-3H3/b18-16+. The van der Waals surface area contributed by atoms with Crippen molar-refractivity contribution in [2.45, 2.75) is 26.8 Å². The van der Waals surface area contributed by atoms with Crippen molar-refractivity contribution >= 4 is 33.9 Å². The zero-order chi connectivity index (χ0) is 20.0. The lowest BCUT2D eigenvalue weighted by Gasteiger charge is -2.20. The average Bonchev–Trinajstić information content (AvgIpc) is 3.38. The van der Waals surface area contributed by atoms with Crippen LogP contribution in [0, 0.1) is 20.8 Å². The summed E-state index contributed by atoms with van der Waals surface area (Å²) in [6, 6.07) is 8.19. The van der Waals surface area contributed by atoms with Crippen LogP contribution in [0.1, 0.15) is 34.3 Å². The third kappa shape index (κ3) is 2.84. The second-order valence-corrected chi connectivity index (χ2v) is 7.62. The molecule has 1 aromatic carbocycles. The van der Waals surface area contributed by atoms with Crippen LogP contribution in [0.2, 0.25) is 0 Å². The summed E-state index contributed by atoms with van der Waals surface area (Å²) in [6.07, 6.45) is 1.56. The molecule has 28 heavy (non-hydrogen) atoms. The Hall–Kier alpha value is -3.19. The lowest BCUT2D eigenvalue weighted by Crippen LogP contribution is -2.29. The van der Waals surface area contributed by atoms with Gasteiger partial charge in [0, 0.05) is 17.1 Å². The number of aliphatic hydroxyl groups excluding tert-OH is 1. The molecule has 1 aliphatic rings. The molecule has 1 N–H and O–H groups in total. The van der Waals surface area contributed by atoms with E-state index in [1.807, 2.05) is 26.0 Å². The maximum atomic E-state index is 12.9. The van der Waals surface area contributed by atoms with Gasteiger partial charge in [0.25, 0.3) is 5.78 Å². The van der Waals surface area contributed by atoms with Gasteiger partial charge < -0.3 is 9.52 Å². The monoisotopic (exact) mass is 394 g/mol. The Bertz CT molecular complexity index is 1110. The van der Waals surface area contributed by atoms with Crippen molar-refractivity contribution in [1.82, 2.24) is 4.98 Å². The molecular formula is C21H18N2O4S. The Morgan fingerprint density at radius 2 is 1.96 bits per heavy atom. The van der Waals surface area contributed by atoms with E-state index >= 15 is 0 Å². The summed E-state index contributed by atoms with van der Waals surface area (Å²) in [5.74, 6) is -0.656. The van der Waals surface area contributed by atoms with E-state index in [9.17, 15) is 14.7 Å². The SMILES string of the molecule is Cc1ccc(C)c(/C(O)=C2\C(=O)C(=O)N(c3nccs3)C2c2ccc(C)o2)c1. The van der Waals surface area contributed by atoms with Crippen molar-refractivity contribution in [2.75, 3.05) is 4.90 Å². The van der Waals surface area contributed by atoms with E-state index in [2.05, 4.69) is 4.98 Å². The number of carbonyl (C=O) groups excluding carboxylic acids is 2. The smallest absolute Gasteiger partial charge is 0.302 e. The second-order valence-electron chi connectivity index (χ2n) is 6.75. The molecule has 1 amide bonds. The molecule has 2 aromatic heterocycles. The molecule has 0 spiro atoms. The molecule has 4 rings (SSSR count). The van der Waals surface area contributed by atoms with E-state index in [-0.39, 0.29) is 11.3 Å². The molecule has 1 atom stereocenters. The van der Waals surface area contributed by atoms with Gasteiger partial charge in [-0.15, -0.1) is 11.3 Å². The Morgan fingerprint density at radius 1 is 1.18 bits per heavy atom. The van der Waals surface area contributed by atoms with E-state index in [0.29, 0.717) is 22.2 Å². The van der Waals surface area contributed by atoms with E-state index in [1.165, 1.54) is 16.2 Å². The molecule has 0 radical (unpaired) electrons. The van der Waals surface area contributed by atoms with E-state index < -0.39 is 17.7 Å². The molecular weight excluding hydrogens is 376 g/mol. The predicted octanol–water partition coefficient (Wildman–Crippen LogP) is 4.29. The number of nitrogens with zero attached hydrogens (tertiary/aromatic N) is 2. The average molecular weight is 394 g/mol. The number of ketones is 1. The summed E-state index contributed by atoms with van der Waals surface area (Å²) in [6.45, 7) is 5.53. The second kappa shape index (κ2) is 6.76. The molecule has 0 bridgehead atoms. The molecule has 6 nitrogen and oxygen atoms in total. The minimum Gasteiger partial charge on any atom is -0.507 e. The molecule has 0 saturated carbocycles. The number of amides is 1. The number of carbonyl (C=O) groups is 2. The number of aliphatic hydroxyl groups is 1. The summed E-state index contributed by atoms with van der Waals surface area (Å²) in [7, 11) is 0. The van der Waals surface area contributed by atoms with E-state index in [4.69, 9.17) is 4.42 Å². The fraction of sp³-hybridized carbons (Fsp3) is 0.190. The molecule has 0 aliphatic carbocycles. The summed E-state index contributed by atoms with van der Waals surface area (Å²) in [5, 5.41) is 13.2. The van der Waals surface area contributed by atoms with Crippen LogP contribution < -0.4 is 4.90 Å². The van der Waals surface area contributed by atoms with E-state index in [0.717, 1.165) is 11.1 Å². The Morgan fingerprint density at radius 3 is 2.61 bits per heavy atom. The maximum Gasteiger partial charge on any atom is 0.302 e. The van der Waals surface area contributed by atoms with Gasteiger partial charge in [0.1, 0.15) is 23.3 Å². The summed E-state index contributed by atoms with van der Waals surface area (Å²) in [4.78, 5) is 31.3. The molecule has 1 saturated heterocycles. The van der Waals surface area contributed by atoms with E-state index in [1.54, 1.807) is 36.7 Å². The largest absolute Gasteiger partial charge is 0.507 e. The highest BCUT2D eigenvalue weighted by molar-refractivity contribution is 7.14. The highest BCUT2D eigenvalue weighted by Crippen LogP contribution is 2.43. The number of aryl methyl sites for hydroxylation is 3. The number of Topliss-reactive ketones (excluding diaryl/α,β-unsaturated/α-hetero) is 1. The molecule has 1 aliphatic heterocycles. The van der Waals surface area contributed by atoms with Crippen LogP contribution in [0.3, 0.4) is 0 Å². The van der Waals surface area contributed by atoms with Crippen LogP contribution in [0.25, 0.3) is 5.76 Å². The van der Waals surface area contributed by atoms with Gasteiger partial charge in [-0.05, 0) is 44.5 Å². The molecule has 1 fully saturated rings. The van der Waals surface area contributed by atoms with Crippen molar-refractivity contribution in [1.29, 1.82) is 0 Å². The van der Waals surface area contributed by atoms with Gasteiger partial charge in [-0.25, -0.2) is 4.98 Å². The molecule has 3 heterocycles. The highest BCUT2D eigenvalue weighted by Gasteiger charge is 2.49. The number of aromatic nitrogens is 1. The summed E-state index contributed by atoms with van der Waals surface area (Å²) >= 11 is 1.24. The third-order valence-electron chi connectivity index (χ3n) is 4.75. The van der Waals surface area contributed by atoms with Gasteiger partial charge in [-0.2, -0.15) is 0 Å². The maximum absolute atomic E-state index is 12.9. The Labute approximate surface area is 165 Å². The molecule has 3 aromatic rings. The Balaban J connectivity index is 1.97. The van der Waals surface area contributed by atoms with Crippen molar-refractivity contribution in [3.63, 3.8) is 0 Å². The van der Waals surface area contributed by atoms with Gasteiger partial charge in [-0.3, -0.25) is 14.5 Å². The fourth-order valence-electron chi connectivity index (χ4n) is 3.37. The summed E-state index contributed by atoms with van der Waals surface area (Å²) in [5.41, 5.74) is 2.26. The summed E-state index contributed by atoms with van der Waals surface area (Å²) < 4.78 is 5.75. The fourth-order valence-corrected chi connectivity index (χ4v) is 4.04. The van der Waals surface area contributed by atoms with Crippen molar-refractivity contribution in [3.05, 3.63) is 75.7 Å². The van der Waals surface area contributed by atoms with Crippen LogP contribution in [0.4, 0.5) is 5.13 Å². The molecule has 1 unspecified atom stereocenters. The van der Waals surface area contributed by atoms with Gasteiger partial charge in [0.15, 0.2) is 5.13 Å². The van der Waals surface area contributed by atoms with Crippen LogP contribution in [0.15, 0.2) is 51.9 Å². The van der Waals surface area contributed by atoms with Crippen LogP contribution in [0.5, 0.6) is 0 Å². The number of benzene rings is 1. The molecule has 142 valence electrons. The number of hydrogen-bond acceptors (Lipinski definition) is 6. The Kier molecular flexibility index (Phi) is 4.39. The number of thiazole rings is 1. The van der Waals surface area contributed by atoms with Crippen LogP contribution >= 0.6 is 11.3 Å². The molecule has 7 heteroatoms. The van der Waals surface area contributed by atoms with Crippen molar-refractivity contribution in [3.8, 4) is 0 Å². The van der Waals surface area contributed by atoms with Crippen molar-refractivity contribution < 1.29 is 19.1 Å². The highest BCUT2D eigenvalue weighted by atomic mass is 32.1. The zero-order valence-corrected chi connectivity index (χ0v) is 16.4. The quantitative estimate of drug-likeness (QED) is 0.407. The van der Waals surface area contributed by atoms with Gasteiger partial charge in [0.2, 0.25) is 0 Å². The third-order valence-corrected chi connectivity index (χ3v) is 5.52. The van der Waals surface area contributed by atoms with Crippen LogP contribution in [-0.2, 0) is 9.59 Å². The first-order valence-corrected chi connectivity index (χ1v) is 9.61. The zero-order valence-electron chi connectivity index (χ0n) is 15.6. The number of hydrogen-bond donors (Lipinski definition) is 1. The topological polar surface area (TPSA) is 83.6 Å². The predicted molar refractivity (Wildman–Crippen MR) is 106 cm³/mol. The number of rotatable bonds is 3. The minimum absolute atomic E-state index is 0.00301. The minimum atomic E-state index is -0.875. The lowest BCUT2D eigenvalue weighted by atomic mass is 9.96. The van der Waals surface area contributed by atoms with Gasteiger partial charge >= 0.3 is 5.91 Å². The normalized spacial score (nSPS) is 18.8. The van der Waals surface area contributed by atoms with Gasteiger partial charge in [0.05, 0.1) is 5.57 Å². The lowest BCUT2D eigenvalue weighted by molar-refractivity contribution is -0.132. The first-order valence-electron chi connectivity index (χ1n) is 8.73.